The number of nitrogens with two attached hydrogens (primary N) is 1. The molecule has 3 N–H and O–H groups in total. The van der Waals surface area contributed by atoms with Crippen LogP contribution in [-0.4, -0.2) is 26.5 Å². The highest BCUT2D eigenvalue weighted by molar-refractivity contribution is 7.89. The topological polar surface area (TPSA) is 98.5 Å². The normalized spacial score (nSPS) is 22.3. The number of rotatable bonds is 4. The molecule has 0 saturated heterocycles. The van der Waals surface area contributed by atoms with E-state index in [9.17, 15) is 13.2 Å². The van der Waals surface area contributed by atoms with Gasteiger partial charge in [0.05, 0.1) is 4.90 Å². The van der Waals surface area contributed by atoms with E-state index in [0.717, 1.165) is 12.8 Å². The minimum absolute atomic E-state index is 0.0391. The Morgan fingerprint density at radius 1 is 1.43 bits per heavy atom. The molecule has 1 aromatic carbocycles. The summed E-state index contributed by atoms with van der Waals surface area (Å²) in [6, 6.07) is 4.57. The molecule has 2 atom stereocenters. The first-order valence-electron chi connectivity index (χ1n) is 6.97. The summed E-state index contributed by atoms with van der Waals surface area (Å²) in [5, 5.41) is 8.06. The van der Waals surface area contributed by atoms with Crippen molar-refractivity contribution in [1.82, 2.24) is 5.32 Å². The summed E-state index contributed by atoms with van der Waals surface area (Å²) in [5.41, 5.74) is 0.695. The van der Waals surface area contributed by atoms with Gasteiger partial charge in [-0.3, -0.25) is 4.79 Å². The number of hydrogen-bond acceptors (Lipinski definition) is 4. The zero-order valence-electron chi connectivity index (χ0n) is 11.7. The second kappa shape index (κ2) is 4.99. The van der Waals surface area contributed by atoms with Gasteiger partial charge < -0.3 is 10.1 Å². The van der Waals surface area contributed by atoms with E-state index >= 15 is 0 Å². The number of ether oxygens (including phenoxy) is 1. The number of benzene rings is 1. The Morgan fingerprint density at radius 3 is 2.76 bits per heavy atom. The van der Waals surface area contributed by atoms with Gasteiger partial charge in [-0.1, -0.05) is 0 Å². The zero-order valence-corrected chi connectivity index (χ0v) is 12.5. The maximum absolute atomic E-state index is 12.2. The number of carbonyl (C=O) groups excluding carboxylic acids is 1. The molecule has 0 spiro atoms. The minimum Gasteiger partial charge on any atom is -0.480 e. The van der Waals surface area contributed by atoms with E-state index in [-0.39, 0.29) is 16.8 Å². The van der Waals surface area contributed by atoms with Gasteiger partial charge in [-0.2, -0.15) is 0 Å². The van der Waals surface area contributed by atoms with Crippen LogP contribution in [0.2, 0.25) is 0 Å². The second-order valence-corrected chi connectivity index (χ2v) is 7.32. The van der Waals surface area contributed by atoms with Crippen LogP contribution in [0.25, 0.3) is 0 Å². The highest BCUT2D eigenvalue weighted by Gasteiger charge is 2.34. The van der Waals surface area contributed by atoms with Crippen LogP contribution in [0.1, 0.15) is 25.3 Å². The molecule has 1 heterocycles. The summed E-state index contributed by atoms with van der Waals surface area (Å²) in [4.78, 5) is 12.2. The molecule has 1 aliphatic heterocycles. The number of hydrogen-bond donors (Lipinski definition) is 2. The third-order valence-corrected chi connectivity index (χ3v) is 4.94. The lowest BCUT2D eigenvalue weighted by atomic mass is 10.1. The van der Waals surface area contributed by atoms with Crippen LogP contribution >= 0.6 is 0 Å². The third kappa shape index (κ3) is 3.03. The average Bonchev–Trinajstić information content (AvgIpc) is 3.16. The van der Waals surface area contributed by atoms with E-state index in [2.05, 4.69) is 5.32 Å². The van der Waals surface area contributed by atoms with Crippen molar-refractivity contribution in [2.45, 2.75) is 43.2 Å². The lowest BCUT2D eigenvalue weighted by Crippen LogP contribution is -2.42. The van der Waals surface area contributed by atoms with Crippen LogP contribution in [0, 0.1) is 5.92 Å². The Bertz CT molecular complexity index is 682. The monoisotopic (exact) mass is 310 g/mol. The summed E-state index contributed by atoms with van der Waals surface area (Å²) in [7, 11) is -3.74. The van der Waals surface area contributed by atoms with E-state index in [4.69, 9.17) is 9.88 Å². The molecule has 21 heavy (non-hydrogen) atoms. The molecular weight excluding hydrogens is 292 g/mol. The first-order valence-corrected chi connectivity index (χ1v) is 8.52. The fourth-order valence-electron chi connectivity index (χ4n) is 2.58. The van der Waals surface area contributed by atoms with Crippen LogP contribution in [0.3, 0.4) is 0 Å². The van der Waals surface area contributed by atoms with Gasteiger partial charge in [0.25, 0.3) is 5.91 Å². The van der Waals surface area contributed by atoms with Gasteiger partial charge in [0.15, 0.2) is 6.10 Å². The molecule has 1 aromatic rings. The minimum atomic E-state index is -3.74. The van der Waals surface area contributed by atoms with Crippen molar-refractivity contribution >= 4 is 15.9 Å². The summed E-state index contributed by atoms with van der Waals surface area (Å²) in [5.74, 6) is 0.969. The molecule has 6 nitrogen and oxygen atoms in total. The van der Waals surface area contributed by atoms with E-state index in [1.54, 1.807) is 6.07 Å². The Morgan fingerprint density at radius 2 is 2.14 bits per heavy atom. The predicted octanol–water partition coefficient (Wildman–Crippen LogP) is 0.552. The van der Waals surface area contributed by atoms with Gasteiger partial charge in [0.2, 0.25) is 10.0 Å². The molecule has 2 aliphatic rings. The van der Waals surface area contributed by atoms with Gasteiger partial charge in [0, 0.05) is 12.5 Å². The highest BCUT2D eigenvalue weighted by atomic mass is 32.2. The summed E-state index contributed by atoms with van der Waals surface area (Å²) >= 11 is 0. The van der Waals surface area contributed by atoms with Crippen LogP contribution in [0.5, 0.6) is 5.75 Å². The van der Waals surface area contributed by atoms with E-state index in [1.807, 2.05) is 6.92 Å². The van der Waals surface area contributed by atoms with Crippen molar-refractivity contribution in [3.8, 4) is 5.75 Å². The van der Waals surface area contributed by atoms with Gasteiger partial charge in [0.1, 0.15) is 5.75 Å². The van der Waals surface area contributed by atoms with E-state index in [1.165, 1.54) is 12.1 Å². The van der Waals surface area contributed by atoms with Gasteiger partial charge in [-0.25, -0.2) is 13.6 Å². The predicted molar refractivity (Wildman–Crippen MR) is 76.3 cm³/mol. The first-order chi connectivity index (χ1) is 9.84. The lowest BCUT2D eigenvalue weighted by Gasteiger charge is -2.16. The Hall–Kier alpha value is -1.60. The highest BCUT2D eigenvalue weighted by Crippen LogP contribution is 2.33. The Kier molecular flexibility index (Phi) is 3.41. The third-order valence-electron chi connectivity index (χ3n) is 4.03. The number of amides is 1. The van der Waals surface area contributed by atoms with Crippen LogP contribution in [0.15, 0.2) is 23.1 Å². The quantitative estimate of drug-likeness (QED) is 0.848. The molecule has 114 valence electrons. The number of fused-ring (bicyclic) bond motifs is 1. The SMILES string of the molecule is CC(NC(=O)C1Cc2cc(S(N)(=O)=O)ccc2O1)C1CC1. The lowest BCUT2D eigenvalue weighted by molar-refractivity contribution is -0.128. The van der Waals surface area contributed by atoms with E-state index < -0.39 is 16.1 Å². The number of primary sulfonamides is 1. The maximum Gasteiger partial charge on any atom is 0.261 e. The second-order valence-electron chi connectivity index (χ2n) is 5.76. The first kappa shape index (κ1) is 14.3. The fourth-order valence-corrected chi connectivity index (χ4v) is 3.14. The standard InChI is InChI=1S/C14H18N2O4S/c1-8(9-2-3-9)16-14(17)13-7-10-6-11(21(15,18)19)4-5-12(10)20-13/h4-6,8-9,13H,2-3,7H2,1H3,(H,16,17)(H2,15,18,19). The smallest absolute Gasteiger partial charge is 0.261 e. The molecule has 1 saturated carbocycles. The molecule has 0 aromatic heterocycles. The van der Waals surface area contributed by atoms with Crippen LogP contribution in [0.4, 0.5) is 0 Å². The van der Waals surface area contributed by atoms with Crippen molar-refractivity contribution in [3.05, 3.63) is 23.8 Å². The fraction of sp³-hybridized carbons (Fsp3) is 0.500. The molecule has 0 radical (unpaired) electrons. The van der Waals surface area contributed by atoms with Crippen molar-refractivity contribution in [2.75, 3.05) is 0 Å². The number of sulfonamides is 1. The van der Waals surface area contributed by atoms with Crippen molar-refractivity contribution in [3.63, 3.8) is 0 Å². The molecule has 0 bridgehead atoms. The van der Waals surface area contributed by atoms with Crippen LogP contribution in [-0.2, 0) is 21.2 Å². The molecule has 1 fully saturated rings. The van der Waals surface area contributed by atoms with Gasteiger partial charge in [-0.15, -0.1) is 0 Å². The number of nitrogens with one attached hydrogen (secondary N) is 1. The largest absolute Gasteiger partial charge is 0.480 e. The maximum atomic E-state index is 12.2. The van der Waals surface area contributed by atoms with Crippen molar-refractivity contribution < 1.29 is 17.9 Å². The molecule has 2 unspecified atom stereocenters. The average molecular weight is 310 g/mol. The summed E-state index contributed by atoms with van der Waals surface area (Å²) in [6.45, 7) is 2.00. The van der Waals surface area contributed by atoms with E-state index in [0.29, 0.717) is 23.7 Å². The summed E-state index contributed by atoms with van der Waals surface area (Å²) < 4.78 is 28.3. The van der Waals surface area contributed by atoms with Crippen molar-refractivity contribution in [1.29, 1.82) is 0 Å². The van der Waals surface area contributed by atoms with Crippen molar-refractivity contribution in [2.24, 2.45) is 11.1 Å². The number of carbonyl (C=O) groups is 1. The molecule has 1 amide bonds. The van der Waals surface area contributed by atoms with Crippen LogP contribution < -0.4 is 15.2 Å². The zero-order chi connectivity index (χ0) is 15.2. The molecular formula is C14H18N2O4S. The molecule has 1 aliphatic carbocycles. The molecule has 7 heteroatoms. The Balaban J connectivity index is 1.70. The Labute approximate surface area is 123 Å². The molecule has 3 rings (SSSR count). The van der Waals surface area contributed by atoms with Gasteiger partial charge >= 0.3 is 0 Å². The van der Waals surface area contributed by atoms with Gasteiger partial charge in [-0.05, 0) is 49.4 Å². The summed E-state index contributed by atoms with van der Waals surface area (Å²) in [6.07, 6.45) is 2.08.